The van der Waals surface area contributed by atoms with Gasteiger partial charge in [0.05, 0.1) is 12.1 Å². The van der Waals surface area contributed by atoms with Crippen molar-refractivity contribution in [2.24, 2.45) is 5.73 Å². The molecule has 0 heterocycles. The second kappa shape index (κ2) is 4.31. The van der Waals surface area contributed by atoms with E-state index in [1.54, 1.807) is 6.92 Å². The van der Waals surface area contributed by atoms with Crippen LogP contribution in [0.15, 0.2) is 24.3 Å². The Kier molecular flexibility index (Phi) is 3.44. The lowest BCUT2D eigenvalue weighted by Crippen LogP contribution is -2.36. The van der Waals surface area contributed by atoms with Crippen LogP contribution in [0, 0.1) is 0 Å². The highest BCUT2D eigenvalue weighted by atomic mass is 19.4. The minimum absolute atomic E-state index is 0.299. The van der Waals surface area contributed by atoms with Crippen molar-refractivity contribution in [3.8, 4) is 5.75 Å². The van der Waals surface area contributed by atoms with E-state index in [4.69, 9.17) is 10.8 Å². The van der Waals surface area contributed by atoms with Crippen molar-refractivity contribution in [2.45, 2.75) is 18.8 Å². The van der Waals surface area contributed by atoms with Gasteiger partial charge in [-0.1, -0.05) is 12.1 Å². The number of ether oxygens (including phenoxy) is 1. The Labute approximate surface area is 90.6 Å². The SMILES string of the molecule is CC(N)(CO)c1ccc(OC(F)(F)F)cc1. The molecule has 0 aromatic heterocycles. The number of halogens is 3. The quantitative estimate of drug-likeness (QED) is 0.839. The summed E-state index contributed by atoms with van der Waals surface area (Å²) in [6.45, 7) is 1.28. The first kappa shape index (κ1) is 12.8. The van der Waals surface area contributed by atoms with Gasteiger partial charge in [0.2, 0.25) is 0 Å². The summed E-state index contributed by atoms with van der Waals surface area (Å²) < 4.78 is 39.3. The minimum atomic E-state index is -4.70. The van der Waals surface area contributed by atoms with Gasteiger partial charge in [-0.05, 0) is 24.6 Å². The Hall–Kier alpha value is -1.27. The zero-order valence-electron chi connectivity index (χ0n) is 8.58. The van der Waals surface area contributed by atoms with Gasteiger partial charge in [-0.3, -0.25) is 0 Å². The van der Waals surface area contributed by atoms with Gasteiger partial charge in [0.1, 0.15) is 5.75 Å². The maximum absolute atomic E-state index is 11.9. The van der Waals surface area contributed by atoms with Crippen molar-refractivity contribution in [1.82, 2.24) is 0 Å². The average Bonchev–Trinajstić information content (AvgIpc) is 2.16. The second-order valence-corrected chi connectivity index (χ2v) is 3.65. The van der Waals surface area contributed by atoms with Crippen molar-refractivity contribution < 1.29 is 23.0 Å². The molecule has 0 fully saturated rings. The summed E-state index contributed by atoms with van der Waals surface area (Å²) in [5.41, 5.74) is 5.26. The van der Waals surface area contributed by atoms with Gasteiger partial charge < -0.3 is 15.6 Å². The zero-order chi connectivity index (χ0) is 12.4. The number of hydrogen-bond donors (Lipinski definition) is 2. The van der Waals surface area contributed by atoms with Crippen LogP contribution in [-0.2, 0) is 5.54 Å². The van der Waals surface area contributed by atoms with E-state index >= 15 is 0 Å². The summed E-state index contributed by atoms with van der Waals surface area (Å²) in [4.78, 5) is 0. The lowest BCUT2D eigenvalue weighted by molar-refractivity contribution is -0.274. The van der Waals surface area contributed by atoms with E-state index < -0.39 is 11.9 Å². The summed E-state index contributed by atoms with van der Waals surface area (Å²) >= 11 is 0. The van der Waals surface area contributed by atoms with Crippen LogP contribution in [-0.4, -0.2) is 18.1 Å². The van der Waals surface area contributed by atoms with E-state index in [-0.39, 0.29) is 12.4 Å². The van der Waals surface area contributed by atoms with Crippen molar-refractivity contribution in [2.75, 3.05) is 6.61 Å². The highest BCUT2D eigenvalue weighted by Gasteiger charge is 2.31. The van der Waals surface area contributed by atoms with E-state index in [0.29, 0.717) is 5.56 Å². The highest BCUT2D eigenvalue weighted by Crippen LogP contribution is 2.25. The van der Waals surface area contributed by atoms with Crippen molar-refractivity contribution in [3.05, 3.63) is 29.8 Å². The predicted molar refractivity (Wildman–Crippen MR) is 51.8 cm³/mol. The molecule has 3 N–H and O–H groups in total. The van der Waals surface area contributed by atoms with Crippen LogP contribution in [0.2, 0.25) is 0 Å². The number of aliphatic hydroxyl groups is 1. The number of aliphatic hydroxyl groups excluding tert-OH is 1. The fourth-order valence-corrected chi connectivity index (χ4v) is 1.13. The molecule has 3 nitrogen and oxygen atoms in total. The third kappa shape index (κ3) is 3.39. The van der Waals surface area contributed by atoms with Crippen molar-refractivity contribution in [1.29, 1.82) is 0 Å². The number of hydrogen-bond acceptors (Lipinski definition) is 3. The van der Waals surface area contributed by atoms with Crippen LogP contribution >= 0.6 is 0 Å². The highest BCUT2D eigenvalue weighted by molar-refractivity contribution is 5.31. The van der Waals surface area contributed by atoms with Crippen LogP contribution in [0.3, 0.4) is 0 Å². The molecule has 90 valence electrons. The molecule has 0 radical (unpaired) electrons. The van der Waals surface area contributed by atoms with Crippen molar-refractivity contribution in [3.63, 3.8) is 0 Å². The van der Waals surface area contributed by atoms with Gasteiger partial charge in [-0.25, -0.2) is 0 Å². The Bertz CT molecular complexity index is 346. The Morgan fingerprint density at radius 3 is 2.12 bits per heavy atom. The molecule has 16 heavy (non-hydrogen) atoms. The molecular weight excluding hydrogens is 223 g/mol. The normalized spacial score (nSPS) is 15.6. The Balaban J connectivity index is 2.84. The number of rotatable bonds is 3. The molecule has 0 saturated carbocycles. The molecule has 0 spiro atoms. The van der Waals surface area contributed by atoms with E-state index in [9.17, 15) is 13.2 Å². The molecule has 1 aromatic rings. The molecule has 0 bridgehead atoms. The molecule has 0 amide bonds. The summed E-state index contributed by atoms with van der Waals surface area (Å²) in [7, 11) is 0. The molecule has 0 aliphatic rings. The lowest BCUT2D eigenvalue weighted by atomic mass is 9.94. The summed E-state index contributed by atoms with van der Waals surface area (Å²) in [6.07, 6.45) is -4.70. The van der Waals surface area contributed by atoms with Crippen LogP contribution in [0.25, 0.3) is 0 Å². The fourth-order valence-electron chi connectivity index (χ4n) is 1.13. The Morgan fingerprint density at radius 2 is 1.75 bits per heavy atom. The van der Waals surface area contributed by atoms with Gasteiger partial charge in [0.15, 0.2) is 0 Å². The maximum atomic E-state index is 11.9. The molecular formula is C10H12F3NO2. The van der Waals surface area contributed by atoms with Crippen LogP contribution in [0.5, 0.6) is 5.75 Å². The fraction of sp³-hybridized carbons (Fsp3) is 0.400. The number of nitrogens with two attached hydrogens (primary N) is 1. The molecule has 1 unspecified atom stereocenters. The smallest absolute Gasteiger partial charge is 0.406 e. The minimum Gasteiger partial charge on any atom is -0.406 e. The van der Waals surface area contributed by atoms with E-state index in [0.717, 1.165) is 12.1 Å². The topological polar surface area (TPSA) is 55.5 Å². The molecule has 0 saturated heterocycles. The molecule has 6 heteroatoms. The molecule has 0 aliphatic heterocycles. The van der Waals surface area contributed by atoms with Gasteiger partial charge in [-0.15, -0.1) is 13.2 Å². The predicted octanol–water partition coefficient (Wildman–Crippen LogP) is 1.75. The summed E-state index contributed by atoms with van der Waals surface area (Å²) in [5.74, 6) is -0.315. The molecule has 1 aromatic carbocycles. The van der Waals surface area contributed by atoms with Gasteiger partial charge in [0.25, 0.3) is 0 Å². The summed E-state index contributed by atoms with van der Waals surface area (Å²) in [6, 6.07) is 5.09. The lowest BCUT2D eigenvalue weighted by Gasteiger charge is -2.22. The van der Waals surface area contributed by atoms with Gasteiger partial charge in [-0.2, -0.15) is 0 Å². The average molecular weight is 235 g/mol. The van der Waals surface area contributed by atoms with E-state index in [1.807, 2.05) is 0 Å². The number of alkyl halides is 3. The van der Waals surface area contributed by atoms with Crippen LogP contribution in [0.4, 0.5) is 13.2 Å². The zero-order valence-corrected chi connectivity index (χ0v) is 8.58. The van der Waals surface area contributed by atoms with Gasteiger partial charge in [0, 0.05) is 0 Å². The third-order valence-corrected chi connectivity index (χ3v) is 2.08. The van der Waals surface area contributed by atoms with E-state index in [1.165, 1.54) is 12.1 Å². The third-order valence-electron chi connectivity index (χ3n) is 2.08. The first-order valence-corrected chi connectivity index (χ1v) is 4.51. The first-order chi connectivity index (χ1) is 7.24. The summed E-state index contributed by atoms with van der Waals surface area (Å²) in [5, 5.41) is 8.97. The largest absolute Gasteiger partial charge is 0.573 e. The van der Waals surface area contributed by atoms with Crippen LogP contribution < -0.4 is 10.5 Å². The molecule has 1 rings (SSSR count). The van der Waals surface area contributed by atoms with Crippen molar-refractivity contribution >= 4 is 0 Å². The van der Waals surface area contributed by atoms with E-state index in [2.05, 4.69) is 4.74 Å². The van der Waals surface area contributed by atoms with Gasteiger partial charge >= 0.3 is 6.36 Å². The van der Waals surface area contributed by atoms with Crippen LogP contribution in [0.1, 0.15) is 12.5 Å². The monoisotopic (exact) mass is 235 g/mol. The first-order valence-electron chi connectivity index (χ1n) is 4.51. The number of benzene rings is 1. The Morgan fingerprint density at radius 1 is 1.25 bits per heavy atom. The molecule has 1 atom stereocenters. The maximum Gasteiger partial charge on any atom is 0.573 e. The standard InChI is InChI=1S/C10H12F3NO2/c1-9(14,6-15)7-2-4-8(5-3-7)16-10(11,12)13/h2-5,15H,6,14H2,1H3. The second-order valence-electron chi connectivity index (χ2n) is 3.65. The molecule has 0 aliphatic carbocycles.